The number of carbonyl (C=O) groups is 3. The summed E-state index contributed by atoms with van der Waals surface area (Å²) in [5, 5.41) is 10.4. The van der Waals surface area contributed by atoms with Crippen LogP contribution >= 0.6 is 0 Å². The topological polar surface area (TPSA) is 108 Å². The lowest BCUT2D eigenvalue weighted by Gasteiger charge is -2.20. The molecule has 1 fully saturated rings. The van der Waals surface area contributed by atoms with Crippen molar-refractivity contribution in [1.29, 1.82) is 0 Å². The van der Waals surface area contributed by atoms with Crippen molar-refractivity contribution in [3.8, 4) is 0 Å². The molecule has 1 N–H and O–H groups in total. The van der Waals surface area contributed by atoms with Gasteiger partial charge >= 0.3 is 17.9 Å². The highest BCUT2D eigenvalue weighted by Gasteiger charge is 2.48. The number of aliphatic hydroxyl groups is 1. The van der Waals surface area contributed by atoms with Crippen LogP contribution in [0, 0.1) is 0 Å². The fourth-order valence-corrected chi connectivity index (χ4v) is 2.83. The summed E-state index contributed by atoms with van der Waals surface area (Å²) >= 11 is 0. The molecule has 2 aromatic rings. The maximum absolute atomic E-state index is 12.4. The first-order chi connectivity index (χ1) is 14.0. The summed E-state index contributed by atoms with van der Waals surface area (Å²) in [4.78, 5) is 35.8. The van der Waals surface area contributed by atoms with Gasteiger partial charge in [-0.3, -0.25) is 4.79 Å². The van der Waals surface area contributed by atoms with E-state index in [1.54, 1.807) is 60.7 Å². The number of ether oxygens (including phenoxy) is 4. The molecular formula is C21H20O8. The maximum Gasteiger partial charge on any atom is 0.338 e. The van der Waals surface area contributed by atoms with Crippen LogP contribution in [-0.4, -0.2) is 54.2 Å². The zero-order chi connectivity index (χ0) is 20.8. The highest BCUT2D eigenvalue weighted by atomic mass is 16.7. The van der Waals surface area contributed by atoms with E-state index in [1.807, 2.05) is 0 Å². The summed E-state index contributed by atoms with van der Waals surface area (Å²) in [6.45, 7) is 0.846. The molecule has 1 aliphatic heterocycles. The Morgan fingerprint density at radius 2 is 1.45 bits per heavy atom. The standard InChI is InChI=1S/C21H20O8/c1-13(22)27-21-17(23)18(29-20(25)15-10-6-3-7-11-15)16(28-21)12-26-19(24)14-8-4-2-5-9-14/h2-11,16-18,21,23H,12H2,1H3. The summed E-state index contributed by atoms with van der Waals surface area (Å²) in [6, 6.07) is 16.5. The molecule has 4 unspecified atom stereocenters. The number of benzene rings is 2. The minimum atomic E-state index is -1.44. The molecule has 0 radical (unpaired) electrons. The molecule has 29 heavy (non-hydrogen) atoms. The molecule has 0 amide bonds. The van der Waals surface area contributed by atoms with Crippen molar-refractivity contribution >= 4 is 17.9 Å². The van der Waals surface area contributed by atoms with Gasteiger partial charge in [0.05, 0.1) is 11.1 Å². The van der Waals surface area contributed by atoms with E-state index >= 15 is 0 Å². The van der Waals surface area contributed by atoms with E-state index in [2.05, 4.69) is 0 Å². The first-order valence-electron chi connectivity index (χ1n) is 8.94. The van der Waals surface area contributed by atoms with E-state index in [9.17, 15) is 19.5 Å². The van der Waals surface area contributed by atoms with Gasteiger partial charge in [0.1, 0.15) is 12.7 Å². The van der Waals surface area contributed by atoms with Crippen molar-refractivity contribution in [2.24, 2.45) is 0 Å². The lowest BCUT2D eigenvalue weighted by atomic mass is 10.1. The average Bonchev–Trinajstić information content (AvgIpc) is 3.01. The van der Waals surface area contributed by atoms with Crippen LogP contribution in [0.2, 0.25) is 0 Å². The molecule has 0 aliphatic carbocycles. The van der Waals surface area contributed by atoms with Crippen LogP contribution in [0.4, 0.5) is 0 Å². The quantitative estimate of drug-likeness (QED) is 0.577. The third-order valence-electron chi connectivity index (χ3n) is 4.21. The van der Waals surface area contributed by atoms with Gasteiger partial charge in [-0.15, -0.1) is 0 Å². The van der Waals surface area contributed by atoms with Gasteiger partial charge in [-0.05, 0) is 24.3 Å². The minimum absolute atomic E-state index is 0.274. The summed E-state index contributed by atoms with van der Waals surface area (Å²) in [5.41, 5.74) is 0.607. The van der Waals surface area contributed by atoms with Crippen LogP contribution in [-0.2, 0) is 23.7 Å². The second-order valence-electron chi connectivity index (χ2n) is 6.34. The third-order valence-corrected chi connectivity index (χ3v) is 4.21. The number of aliphatic hydroxyl groups excluding tert-OH is 1. The molecule has 0 saturated carbocycles. The highest BCUT2D eigenvalue weighted by molar-refractivity contribution is 5.90. The van der Waals surface area contributed by atoms with Gasteiger partial charge in [0.2, 0.25) is 6.29 Å². The molecule has 8 nitrogen and oxygen atoms in total. The van der Waals surface area contributed by atoms with Crippen LogP contribution in [0.5, 0.6) is 0 Å². The van der Waals surface area contributed by atoms with Gasteiger partial charge in [0.15, 0.2) is 12.2 Å². The Labute approximate surface area is 167 Å². The van der Waals surface area contributed by atoms with Crippen LogP contribution < -0.4 is 0 Å². The van der Waals surface area contributed by atoms with Crippen molar-refractivity contribution in [2.75, 3.05) is 6.61 Å². The van der Waals surface area contributed by atoms with Crippen LogP contribution in [0.1, 0.15) is 27.6 Å². The molecule has 1 aliphatic rings. The monoisotopic (exact) mass is 400 g/mol. The summed E-state index contributed by atoms with van der Waals surface area (Å²) in [6.07, 6.45) is -5.00. The largest absolute Gasteiger partial charge is 0.459 e. The van der Waals surface area contributed by atoms with Crippen molar-refractivity contribution in [3.05, 3.63) is 71.8 Å². The van der Waals surface area contributed by atoms with E-state index in [4.69, 9.17) is 18.9 Å². The van der Waals surface area contributed by atoms with Crippen molar-refractivity contribution in [1.82, 2.24) is 0 Å². The van der Waals surface area contributed by atoms with Crippen molar-refractivity contribution < 1.29 is 38.4 Å². The molecule has 1 heterocycles. The summed E-state index contributed by atoms with van der Waals surface area (Å²) in [5.74, 6) is -1.97. The Hall–Kier alpha value is -3.23. The van der Waals surface area contributed by atoms with Crippen LogP contribution in [0.25, 0.3) is 0 Å². The molecule has 152 valence electrons. The predicted octanol–water partition coefficient (Wildman–Crippen LogP) is 1.72. The van der Waals surface area contributed by atoms with E-state index in [-0.39, 0.29) is 12.2 Å². The van der Waals surface area contributed by atoms with Gasteiger partial charge < -0.3 is 24.1 Å². The first-order valence-corrected chi connectivity index (χ1v) is 8.94. The van der Waals surface area contributed by atoms with Crippen molar-refractivity contribution in [3.63, 3.8) is 0 Å². The number of rotatable bonds is 6. The van der Waals surface area contributed by atoms with Crippen LogP contribution in [0.15, 0.2) is 60.7 Å². The molecule has 4 atom stereocenters. The Morgan fingerprint density at radius 1 is 0.897 bits per heavy atom. The van der Waals surface area contributed by atoms with Crippen molar-refractivity contribution in [2.45, 2.75) is 31.5 Å². The predicted molar refractivity (Wildman–Crippen MR) is 98.8 cm³/mol. The van der Waals surface area contributed by atoms with Gasteiger partial charge in [-0.1, -0.05) is 36.4 Å². The highest BCUT2D eigenvalue weighted by Crippen LogP contribution is 2.26. The second-order valence-corrected chi connectivity index (χ2v) is 6.34. The number of hydrogen-bond donors (Lipinski definition) is 1. The molecule has 0 spiro atoms. The third kappa shape index (κ3) is 5.18. The Balaban J connectivity index is 1.70. The Morgan fingerprint density at radius 3 is 2.00 bits per heavy atom. The normalized spacial score (nSPS) is 23.2. The van der Waals surface area contributed by atoms with Gasteiger partial charge in [0.25, 0.3) is 0 Å². The second kappa shape index (κ2) is 9.31. The molecular weight excluding hydrogens is 380 g/mol. The molecule has 8 heteroatoms. The summed E-state index contributed by atoms with van der Waals surface area (Å²) in [7, 11) is 0. The zero-order valence-electron chi connectivity index (χ0n) is 15.6. The van der Waals surface area contributed by atoms with E-state index in [0.29, 0.717) is 5.56 Å². The van der Waals surface area contributed by atoms with E-state index < -0.39 is 42.5 Å². The van der Waals surface area contributed by atoms with Crippen LogP contribution in [0.3, 0.4) is 0 Å². The SMILES string of the molecule is CC(=O)OC1OC(COC(=O)c2ccccc2)C(OC(=O)c2ccccc2)C1O. The minimum Gasteiger partial charge on any atom is -0.459 e. The van der Waals surface area contributed by atoms with Gasteiger partial charge in [-0.2, -0.15) is 0 Å². The first kappa shape index (κ1) is 20.5. The summed E-state index contributed by atoms with van der Waals surface area (Å²) < 4.78 is 21.0. The average molecular weight is 400 g/mol. The van der Waals surface area contributed by atoms with E-state index in [0.717, 1.165) is 6.92 Å². The Bertz CT molecular complexity index is 851. The van der Waals surface area contributed by atoms with E-state index in [1.165, 1.54) is 0 Å². The van der Waals surface area contributed by atoms with Gasteiger partial charge in [-0.25, -0.2) is 9.59 Å². The smallest absolute Gasteiger partial charge is 0.338 e. The molecule has 0 aromatic heterocycles. The lowest BCUT2D eigenvalue weighted by Crippen LogP contribution is -2.39. The maximum atomic E-state index is 12.4. The zero-order valence-corrected chi connectivity index (χ0v) is 15.6. The number of esters is 3. The number of hydrogen-bond acceptors (Lipinski definition) is 8. The fourth-order valence-electron chi connectivity index (χ4n) is 2.83. The molecule has 0 bridgehead atoms. The molecule has 3 rings (SSSR count). The molecule has 2 aromatic carbocycles. The number of carbonyl (C=O) groups excluding carboxylic acids is 3. The fraction of sp³-hybridized carbons (Fsp3) is 0.286. The van der Waals surface area contributed by atoms with Gasteiger partial charge in [0, 0.05) is 6.92 Å². The molecule has 1 saturated heterocycles. The Kier molecular flexibility index (Phi) is 6.58. The lowest BCUT2D eigenvalue weighted by molar-refractivity contribution is -0.187.